The maximum Gasteiger partial charge on any atom is 0.226 e. The van der Waals surface area contributed by atoms with Gasteiger partial charge in [-0.3, -0.25) is 4.79 Å². The minimum atomic E-state index is 0.218. The van der Waals surface area contributed by atoms with Crippen LogP contribution >= 0.6 is 0 Å². The summed E-state index contributed by atoms with van der Waals surface area (Å²) in [6.07, 6.45) is 8.71. The summed E-state index contributed by atoms with van der Waals surface area (Å²) >= 11 is 0. The lowest BCUT2D eigenvalue weighted by atomic mass is 9.73. The van der Waals surface area contributed by atoms with Gasteiger partial charge in [0, 0.05) is 31.4 Å². The van der Waals surface area contributed by atoms with E-state index in [4.69, 9.17) is 9.97 Å². The van der Waals surface area contributed by atoms with E-state index >= 15 is 0 Å². The van der Waals surface area contributed by atoms with Gasteiger partial charge in [-0.1, -0.05) is 0 Å². The number of amides is 1. The van der Waals surface area contributed by atoms with Gasteiger partial charge in [0.1, 0.15) is 0 Å². The fraction of sp³-hybridized carbons (Fsp3) is 0.591. The van der Waals surface area contributed by atoms with E-state index in [0.717, 1.165) is 62.5 Å². The van der Waals surface area contributed by atoms with E-state index in [2.05, 4.69) is 29.3 Å². The predicted octanol–water partition coefficient (Wildman–Crippen LogP) is 3.31. The topological polar surface area (TPSA) is 58.1 Å². The Morgan fingerprint density at radius 1 is 1.00 bits per heavy atom. The van der Waals surface area contributed by atoms with Gasteiger partial charge in [-0.2, -0.15) is 0 Å². The molecule has 0 atom stereocenters. The largest absolute Gasteiger partial charge is 0.356 e. The SMILES string of the molecule is Cc1nc(N2CCC3(CCNC(=O)CC3)CC2)nc2cc3c(cc12)CCC3. The number of carbonyl (C=O) groups excluding carboxylic acids is 1. The number of anilines is 1. The molecule has 0 radical (unpaired) electrons. The van der Waals surface area contributed by atoms with Gasteiger partial charge in [0.05, 0.1) is 11.2 Å². The van der Waals surface area contributed by atoms with Gasteiger partial charge >= 0.3 is 0 Å². The molecule has 1 aliphatic carbocycles. The zero-order chi connectivity index (χ0) is 18.4. The van der Waals surface area contributed by atoms with Crippen molar-refractivity contribution >= 4 is 22.8 Å². The highest BCUT2D eigenvalue weighted by atomic mass is 16.1. The maximum absolute atomic E-state index is 11.7. The summed E-state index contributed by atoms with van der Waals surface area (Å²) in [6.45, 7) is 4.92. The zero-order valence-electron chi connectivity index (χ0n) is 16.2. The maximum atomic E-state index is 11.7. The number of benzene rings is 1. The van der Waals surface area contributed by atoms with E-state index in [0.29, 0.717) is 11.8 Å². The molecule has 2 aromatic rings. The summed E-state index contributed by atoms with van der Waals surface area (Å²) in [4.78, 5) is 23.9. The molecule has 2 saturated heterocycles. The zero-order valence-corrected chi connectivity index (χ0v) is 16.2. The van der Waals surface area contributed by atoms with E-state index in [1.807, 2.05) is 0 Å². The summed E-state index contributed by atoms with van der Waals surface area (Å²) in [6, 6.07) is 4.61. The Balaban J connectivity index is 1.38. The molecule has 2 fully saturated rings. The van der Waals surface area contributed by atoms with Crippen LogP contribution in [0.3, 0.4) is 0 Å². The van der Waals surface area contributed by atoms with Gasteiger partial charge in [-0.25, -0.2) is 9.97 Å². The minimum Gasteiger partial charge on any atom is -0.356 e. The molecule has 1 N–H and O–H groups in total. The first kappa shape index (κ1) is 17.0. The molecule has 1 spiro atoms. The van der Waals surface area contributed by atoms with E-state index < -0.39 is 0 Å². The summed E-state index contributed by atoms with van der Waals surface area (Å²) in [5.74, 6) is 1.10. The van der Waals surface area contributed by atoms with E-state index in [9.17, 15) is 4.79 Å². The quantitative estimate of drug-likeness (QED) is 0.843. The molecule has 3 aliphatic rings. The van der Waals surface area contributed by atoms with Crippen molar-refractivity contribution in [3.05, 3.63) is 29.0 Å². The van der Waals surface area contributed by atoms with Crippen molar-refractivity contribution in [1.82, 2.24) is 15.3 Å². The second-order valence-electron chi connectivity index (χ2n) is 8.69. The van der Waals surface area contributed by atoms with E-state index in [1.165, 1.54) is 35.8 Å². The van der Waals surface area contributed by atoms with E-state index in [1.54, 1.807) is 0 Å². The van der Waals surface area contributed by atoms with Gasteiger partial charge in [-0.15, -0.1) is 0 Å². The molecule has 5 rings (SSSR count). The Bertz CT molecular complexity index is 899. The third-order valence-corrected chi connectivity index (χ3v) is 7.05. The molecular weight excluding hydrogens is 336 g/mol. The van der Waals surface area contributed by atoms with Crippen molar-refractivity contribution in [3.63, 3.8) is 0 Å². The molecule has 5 nitrogen and oxygen atoms in total. The van der Waals surface area contributed by atoms with Crippen LogP contribution in [0.5, 0.6) is 0 Å². The van der Waals surface area contributed by atoms with Crippen LogP contribution in [0.2, 0.25) is 0 Å². The highest BCUT2D eigenvalue weighted by Crippen LogP contribution is 2.41. The minimum absolute atomic E-state index is 0.218. The summed E-state index contributed by atoms with van der Waals surface area (Å²) in [7, 11) is 0. The standard InChI is InChI=1S/C22H28N4O/c1-15-18-13-16-3-2-4-17(16)14-19(18)25-21(24-15)26-11-8-22(9-12-26)6-5-20(27)23-10-7-22/h13-14H,2-12H2,1H3,(H,23,27). The average Bonchev–Trinajstić information content (AvgIpc) is 3.05. The Morgan fingerprint density at radius 2 is 1.78 bits per heavy atom. The number of rotatable bonds is 1. The predicted molar refractivity (Wildman–Crippen MR) is 107 cm³/mol. The van der Waals surface area contributed by atoms with Gasteiger partial charge in [0.2, 0.25) is 11.9 Å². The van der Waals surface area contributed by atoms with Crippen LogP contribution in [0.4, 0.5) is 5.95 Å². The fourth-order valence-corrected chi connectivity index (χ4v) is 5.22. The first-order valence-corrected chi connectivity index (χ1v) is 10.4. The molecule has 27 heavy (non-hydrogen) atoms. The molecule has 1 amide bonds. The normalized spacial score (nSPS) is 22.0. The third kappa shape index (κ3) is 3.07. The average molecular weight is 364 g/mol. The van der Waals surface area contributed by atoms with Crippen LogP contribution in [0.15, 0.2) is 12.1 Å². The Kier molecular flexibility index (Phi) is 4.06. The van der Waals surface area contributed by atoms with Crippen molar-refractivity contribution < 1.29 is 4.79 Å². The number of nitrogens with one attached hydrogen (secondary N) is 1. The molecule has 142 valence electrons. The molecule has 0 saturated carbocycles. The first-order chi connectivity index (χ1) is 13.1. The highest BCUT2D eigenvalue weighted by Gasteiger charge is 2.36. The molecule has 0 bridgehead atoms. The Hall–Kier alpha value is -2.17. The van der Waals surface area contributed by atoms with Crippen molar-refractivity contribution in [1.29, 1.82) is 0 Å². The molecule has 1 aromatic carbocycles. The number of hydrogen-bond acceptors (Lipinski definition) is 4. The van der Waals surface area contributed by atoms with Gasteiger partial charge in [0.25, 0.3) is 0 Å². The van der Waals surface area contributed by atoms with E-state index in [-0.39, 0.29) is 5.91 Å². The fourth-order valence-electron chi connectivity index (χ4n) is 5.22. The van der Waals surface area contributed by atoms with Crippen LogP contribution in [0.25, 0.3) is 10.9 Å². The molecule has 1 aromatic heterocycles. The molecule has 0 unspecified atom stereocenters. The van der Waals surface area contributed by atoms with Crippen LogP contribution in [0, 0.1) is 12.3 Å². The van der Waals surface area contributed by atoms with Crippen molar-refractivity contribution in [2.75, 3.05) is 24.5 Å². The Labute approximate surface area is 160 Å². The van der Waals surface area contributed by atoms with Crippen LogP contribution in [-0.2, 0) is 17.6 Å². The van der Waals surface area contributed by atoms with Crippen molar-refractivity contribution in [2.24, 2.45) is 5.41 Å². The van der Waals surface area contributed by atoms with Gasteiger partial charge < -0.3 is 10.2 Å². The van der Waals surface area contributed by atoms with Crippen LogP contribution in [-0.4, -0.2) is 35.5 Å². The number of carbonyl (C=O) groups is 1. The summed E-state index contributed by atoms with van der Waals surface area (Å²) in [5, 5.41) is 4.24. The molecule has 3 heterocycles. The van der Waals surface area contributed by atoms with Crippen molar-refractivity contribution in [3.8, 4) is 0 Å². The smallest absolute Gasteiger partial charge is 0.226 e. The monoisotopic (exact) mass is 364 g/mol. The molecular formula is C22H28N4O. The number of hydrogen-bond donors (Lipinski definition) is 1. The number of nitrogens with zero attached hydrogens (tertiary/aromatic N) is 3. The lowest BCUT2D eigenvalue weighted by Crippen LogP contribution is -2.41. The number of piperidine rings is 1. The number of aryl methyl sites for hydroxylation is 3. The number of aromatic nitrogens is 2. The second-order valence-corrected chi connectivity index (χ2v) is 8.69. The van der Waals surface area contributed by atoms with Crippen LogP contribution < -0.4 is 10.2 Å². The van der Waals surface area contributed by atoms with Gasteiger partial charge in [-0.05, 0) is 80.5 Å². The lowest BCUT2D eigenvalue weighted by Gasteiger charge is -2.41. The third-order valence-electron chi connectivity index (χ3n) is 7.05. The Morgan fingerprint density at radius 3 is 2.59 bits per heavy atom. The summed E-state index contributed by atoms with van der Waals surface area (Å²) in [5.41, 5.74) is 5.47. The van der Waals surface area contributed by atoms with Crippen LogP contribution in [0.1, 0.15) is 55.3 Å². The highest BCUT2D eigenvalue weighted by molar-refractivity contribution is 5.84. The van der Waals surface area contributed by atoms with Crippen molar-refractivity contribution in [2.45, 2.75) is 58.3 Å². The molecule has 2 aliphatic heterocycles. The summed E-state index contributed by atoms with van der Waals surface area (Å²) < 4.78 is 0. The molecule has 5 heteroatoms. The lowest BCUT2D eigenvalue weighted by molar-refractivity contribution is -0.120. The number of fused-ring (bicyclic) bond motifs is 2. The first-order valence-electron chi connectivity index (χ1n) is 10.4. The van der Waals surface area contributed by atoms with Gasteiger partial charge in [0.15, 0.2) is 0 Å². The second kappa shape index (κ2) is 6.47.